The molecule has 0 saturated carbocycles. The van der Waals surface area contributed by atoms with E-state index in [4.69, 9.17) is 11.6 Å². The second-order valence-corrected chi connectivity index (χ2v) is 8.00. The van der Waals surface area contributed by atoms with E-state index in [-0.39, 0.29) is 16.5 Å². The van der Waals surface area contributed by atoms with Crippen LogP contribution in [0.5, 0.6) is 0 Å². The summed E-state index contributed by atoms with van der Waals surface area (Å²) < 4.78 is 31.8. The Morgan fingerprint density at radius 3 is 2.30 bits per heavy atom. The molecule has 0 aliphatic heterocycles. The number of methoxy groups -OCH3 is 1. The fraction of sp³-hybridized carbons (Fsp3) is 0.222. The van der Waals surface area contributed by atoms with Crippen molar-refractivity contribution in [1.82, 2.24) is 0 Å². The van der Waals surface area contributed by atoms with Gasteiger partial charge in [0, 0.05) is 17.6 Å². The van der Waals surface area contributed by atoms with Crippen molar-refractivity contribution >= 4 is 44.9 Å². The maximum Gasteiger partial charge on any atom is 0.326 e. The van der Waals surface area contributed by atoms with Crippen LogP contribution in [0.15, 0.2) is 47.4 Å². The van der Waals surface area contributed by atoms with E-state index >= 15 is 0 Å². The third-order valence-corrected chi connectivity index (χ3v) is 5.90. The van der Waals surface area contributed by atoms with E-state index in [0.29, 0.717) is 10.7 Å². The van der Waals surface area contributed by atoms with Crippen LogP contribution in [0.4, 0.5) is 11.4 Å². The number of esters is 1. The number of sulfonamides is 1. The minimum atomic E-state index is -4.07. The number of carbonyl (C=O) groups excluding carboxylic acids is 2. The number of hydrogen-bond donors (Lipinski definition) is 1. The average Bonchev–Trinajstić information content (AvgIpc) is 2.61. The summed E-state index contributed by atoms with van der Waals surface area (Å²) in [6.45, 7) is 2.63. The zero-order chi connectivity index (χ0) is 20.2. The predicted molar refractivity (Wildman–Crippen MR) is 103 cm³/mol. The zero-order valence-corrected chi connectivity index (χ0v) is 16.6. The van der Waals surface area contributed by atoms with Crippen LogP contribution in [0.2, 0.25) is 5.02 Å². The first-order valence-electron chi connectivity index (χ1n) is 7.88. The van der Waals surface area contributed by atoms with E-state index < -0.39 is 22.5 Å². The predicted octanol–water partition coefficient (Wildman–Crippen LogP) is 2.98. The van der Waals surface area contributed by atoms with E-state index in [1.807, 2.05) is 0 Å². The summed E-state index contributed by atoms with van der Waals surface area (Å²) in [5.74, 6) is -0.989. The Balaban J connectivity index is 2.47. The third kappa shape index (κ3) is 4.99. The summed E-state index contributed by atoms with van der Waals surface area (Å²) >= 11 is 6.12. The largest absolute Gasteiger partial charge is 0.468 e. The van der Waals surface area contributed by atoms with Crippen molar-refractivity contribution < 1.29 is 22.7 Å². The molecule has 0 spiro atoms. The van der Waals surface area contributed by atoms with Gasteiger partial charge in [0.05, 0.1) is 17.7 Å². The van der Waals surface area contributed by atoms with Crippen LogP contribution in [-0.2, 0) is 24.3 Å². The Bertz CT molecular complexity index is 958. The second-order valence-electron chi connectivity index (χ2n) is 5.73. The molecular formula is C18H19ClN2O5S. The topological polar surface area (TPSA) is 92.8 Å². The fourth-order valence-electron chi connectivity index (χ4n) is 2.27. The van der Waals surface area contributed by atoms with E-state index in [9.17, 15) is 18.0 Å². The average molecular weight is 411 g/mol. The summed E-state index contributed by atoms with van der Waals surface area (Å²) in [4.78, 5) is 22.8. The van der Waals surface area contributed by atoms with Crippen molar-refractivity contribution in [2.24, 2.45) is 0 Å². The van der Waals surface area contributed by atoms with Crippen LogP contribution < -0.4 is 9.62 Å². The Morgan fingerprint density at radius 1 is 1.15 bits per heavy atom. The highest BCUT2D eigenvalue weighted by Crippen LogP contribution is 2.28. The van der Waals surface area contributed by atoms with Gasteiger partial charge in [-0.15, -0.1) is 0 Å². The Morgan fingerprint density at radius 2 is 1.78 bits per heavy atom. The van der Waals surface area contributed by atoms with Gasteiger partial charge in [-0.05, 0) is 48.9 Å². The molecule has 0 unspecified atom stereocenters. The Hall–Kier alpha value is -2.58. The molecule has 0 saturated heterocycles. The van der Waals surface area contributed by atoms with Crippen LogP contribution in [0, 0.1) is 6.92 Å². The number of aryl methyl sites for hydroxylation is 1. The molecule has 0 radical (unpaired) electrons. The molecule has 1 N–H and O–H groups in total. The second kappa shape index (κ2) is 8.41. The number of anilines is 2. The molecule has 0 aliphatic rings. The maximum absolute atomic E-state index is 13.1. The normalized spacial score (nSPS) is 11.0. The number of rotatable bonds is 6. The molecular weight excluding hydrogens is 392 g/mol. The highest BCUT2D eigenvalue weighted by Gasteiger charge is 2.28. The fourth-order valence-corrected chi connectivity index (χ4v) is 3.85. The monoisotopic (exact) mass is 410 g/mol. The van der Waals surface area contributed by atoms with Crippen LogP contribution in [0.25, 0.3) is 0 Å². The number of ether oxygens (including phenoxy) is 1. The highest BCUT2D eigenvalue weighted by molar-refractivity contribution is 7.92. The lowest BCUT2D eigenvalue weighted by atomic mass is 10.2. The van der Waals surface area contributed by atoms with Gasteiger partial charge in [0.25, 0.3) is 10.0 Å². The lowest BCUT2D eigenvalue weighted by Crippen LogP contribution is -2.36. The molecule has 0 fully saturated rings. The van der Waals surface area contributed by atoms with Crippen LogP contribution in [-0.4, -0.2) is 33.9 Å². The van der Waals surface area contributed by atoms with Gasteiger partial charge in [-0.1, -0.05) is 17.7 Å². The van der Waals surface area contributed by atoms with Gasteiger partial charge >= 0.3 is 5.97 Å². The number of amides is 1. The molecule has 1 amide bonds. The SMILES string of the molecule is COC(=O)CN(c1ccc(C)c(Cl)c1)S(=O)(=O)c1ccc(NC(C)=O)cc1. The van der Waals surface area contributed by atoms with Crippen molar-refractivity contribution in [3.05, 3.63) is 53.1 Å². The summed E-state index contributed by atoms with van der Waals surface area (Å²) in [7, 11) is -2.89. The Kier molecular flexibility index (Phi) is 6.45. The van der Waals surface area contributed by atoms with Crippen LogP contribution in [0.1, 0.15) is 12.5 Å². The van der Waals surface area contributed by atoms with Crippen molar-refractivity contribution in [1.29, 1.82) is 0 Å². The smallest absolute Gasteiger partial charge is 0.326 e. The molecule has 7 nitrogen and oxygen atoms in total. The molecule has 0 aliphatic carbocycles. The summed E-state index contributed by atoms with van der Waals surface area (Å²) in [5.41, 5.74) is 1.47. The lowest BCUT2D eigenvalue weighted by molar-refractivity contribution is -0.138. The first kappa shape index (κ1) is 20.7. The van der Waals surface area contributed by atoms with Gasteiger partial charge in [-0.25, -0.2) is 8.42 Å². The number of carbonyl (C=O) groups is 2. The number of nitrogens with zero attached hydrogens (tertiary/aromatic N) is 1. The van der Waals surface area contributed by atoms with E-state index in [0.717, 1.165) is 9.87 Å². The van der Waals surface area contributed by atoms with E-state index in [1.54, 1.807) is 19.1 Å². The van der Waals surface area contributed by atoms with Gasteiger partial charge in [0.2, 0.25) is 5.91 Å². The minimum Gasteiger partial charge on any atom is -0.468 e. The standard InChI is InChI=1S/C18H19ClN2O5S/c1-12-4-7-15(10-17(12)19)21(11-18(23)26-3)27(24,25)16-8-5-14(6-9-16)20-13(2)22/h4-10H,11H2,1-3H3,(H,20,22). The number of nitrogens with one attached hydrogen (secondary N) is 1. The number of benzene rings is 2. The molecule has 0 aromatic heterocycles. The van der Waals surface area contributed by atoms with Gasteiger partial charge in [0.1, 0.15) is 6.54 Å². The van der Waals surface area contributed by atoms with Gasteiger partial charge in [-0.2, -0.15) is 0 Å². The molecule has 144 valence electrons. The van der Waals surface area contributed by atoms with E-state index in [1.165, 1.54) is 44.4 Å². The molecule has 27 heavy (non-hydrogen) atoms. The molecule has 0 heterocycles. The van der Waals surface area contributed by atoms with Crippen LogP contribution in [0.3, 0.4) is 0 Å². The first-order chi connectivity index (χ1) is 12.6. The lowest BCUT2D eigenvalue weighted by Gasteiger charge is -2.24. The molecule has 0 atom stereocenters. The van der Waals surface area contributed by atoms with Gasteiger partial charge in [-0.3, -0.25) is 13.9 Å². The molecule has 2 rings (SSSR count). The molecule has 0 bridgehead atoms. The van der Waals surface area contributed by atoms with Crippen molar-refractivity contribution in [3.63, 3.8) is 0 Å². The van der Waals surface area contributed by atoms with Crippen molar-refractivity contribution in [3.8, 4) is 0 Å². The third-order valence-electron chi connectivity index (χ3n) is 3.71. The first-order valence-corrected chi connectivity index (χ1v) is 9.70. The Labute approximate surface area is 162 Å². The molecule has 2 aromatic carbocycles. The van der Waals surface area contributed by atoms with Gasteiger partial charge in [0.15, 0.2) is 0 Å². The number of hydrogen-bond acceptors (Lipinski definition) is 5. The number of halogens is 1. The van der Waals surface area contributed by atoms with Gasteiger partial charge < -0.3 is 10.1 Å². The van der Waals surface area contributed by atoms with Crippen molar-refractivity contribution in [2.45, 2.75) is 18.7 Å². The van der Waals surface area contributed by atoms with E-state index in [2.05, 4.69) is 10.1 Å². The summed E-state index contributed by atoms with van der Waals surface area (Å²) in [6, 6.07) is 10.3. The highest BCUT2D eigenvalue weighted by atomic mass is 35.5. The molecule has 2 aromatic rings. The minimum absolute atomic E-state index is 0.0443. The zero-order valence-electron chi connectivity index (χ0n) is 15.0. The summed E-state index contributed by atoms with van der Waals surface area (Å²) in [6.07, 6.45) is 0. The quantitative estimate of drug-likeness (QED) is 0.739. The molecule has 9 heteroatoms. The summed E-state index contributed by atoms with van der Waals surface area (Å²) in [5, 5.41) is 2.93. The van der Waals surface area contributed by atoms with Crippen molar-refractivity contribution in [2.75, 3.05) is 23.3 Å². The maximum atomic E-state index is 13.1. The van der Waals surface area contributed by atoms with Crippen LogP contribution >= 0.6 is 11.6 Å².